The van der Waals surface area contributed by atoms with Gasteiger partial charge in [0, 0.05) is 18.2 Å². The number of benzene rings is 1. The highest BCUT2D eigenvalue weighted by atomic mass is 35.5. The van der Waals surface area contributed by atoms with Gasteiger partial charge in [0.15, 0.2) is 0 Å². The van der Waals surface area contributed by atoms with Crippen molar-refractivity contribution < 1.29 is 13.3 Å². The molecule has 7 nitrogen and oxygen atoms in total. The Morgan fingerprint density at radius 1 is 1.43 bits per heavy atom. The number of rotatable bonds is 7. The molecule has 1 rings (SSSR count). The number of nitro benzene ring substituents is 1. The lowest BCUT2D eigenvalue weighted by atomic mass is 10.2. The van der Waals surface area contributed by atoms with E-state index >= 15 is 0 Å². The van der Waals surface area contributed by atoms with E-state index in [-0.39, 0.29) is 21.6 Å². The van der Waals surface area contributed by atoms with Crippen molar-refractivity contribution in [2.75, 3.05) is 20.6 Å². The quantitative estimate of drug-likeness (QED) is 0.606. The van der Waals surface area contributed by atoms with Gasteiger partial charge >= 0.3 is 0 Å². The lowest BCUT2D eigenvalue weighted by Crippen LogP contribution is -2.35. The molecule has 1 aromatic rings. The van der Waals surface area contributed by atoms with Crippen molar-refractivity contribution in [3.05, 3.63) is 33.3 Å². The summed E-state index contributed by atoms with van der Waals surface area (Å²) < 4.78 is 27.0. The molecule has 0 saturated heterocycles. The molecule has 0 fully saturated rings. The minimum atomic E-state index is -3.90. The van der Waals surface area contributed by atoms with Gasteiger partial charge in [0.2, 0.25) is 10.0 Å². The van der Waals surface area contributed by atoms with Crippen LogP contribution in [-0.4, -0.2) is 44.9 Å². The first-order chi connectivity index (χ1) is 9.63. The van der Waals surface area contributed by atoms with E-state index < -0.39 is 14.9 Å². The molecule has 0 aromatic heterocycles. The van der Waals surface area contributed by atoms with Gasteiger partial charge < -0.3 is 4.90 Å². The van der Waals surface area contributed by atoms with Gasteiger partial charge in [0.1, 0.15) is 4.90 Å². The Morgan fingerprint density at radius 2 is 2.05 bits per heavy atom. The third-order valence-electron chi connectivity index (χ3n) is 2.78. The SMILES string of the molecule is CC(CCN(C)C)NS(=O)(=O)c1cc([N+](=O)[O-])ccc1Cl. The third-order valence-corrected chi connectivity index (χ3v) is 4.85. The Hall–Kier alpha value is -1.22. The van der Waals surface area contributed by atoms with Crippen LogP contribution in [-0.2, 0) is 10.0 Å². The Labute approximate surface area is 129 Å². The first-order valence-electron chi connectivity index (χ1n) is 6.24. The molecule has 0 heterocycles. The van der Waals surface area contributed by atoms with Gasteiger partial charge in [0.05, 0.1) is 9.95 Å². The number of hydrogen-bond acceptors (Lipinski definition) is 5. The van der Waals surface area contributed by atoms with E-state index in [0.717, 1.165) is 12.1 Å². The standard InChI is InChI=1S/C12H18ClN3O4S/c1-9(6-7-15(2)3)14-21(19,20)12-8-10(16(17)18)4-5-11(12)13/h4-5,8-9,14H,6-7H2,1-3H3. The van der Waals surface area contributed by atoms with Crippen molar-refractivity contribution in [2.45, 2.75) is 24.3 Å². The molecule has 0 amide bonds. The van der Waals surface area contributed by atoms with E-state index in [1.807, 2.05) is 19.0 Å². The molecule has 9 heteroatoms. The highest BCUT2D eigenvalue weighted by molar-refractivity contribution is 7.89. The van der Waals surface area contributed by atoms with Crippen LogP contribution in [0.4, 0.5) is 5.69 Å². The number of sulfonamides is 1. The maximum Gasteiger partial charge on any atom is 0.270 e. The van der Waals surface area contributed by atoms with Crippen molar-refractivity contribution in [1.29, 1.82) is 0 Å². The number of nitro groups is 1. The zero-order valence-corrected chi connectivity index (χ0v) is 13.6. The van der Waals surface area contributed by atoms with E-state index in [1.54, 1.807) is 6.92 Å². The Bertz CT molecular complexity index is 619. The molecular weight excluding hydrogens is 318 g/mol. The van der Waals surface area contributed by atoms with E-state index in [9.17, 15) is 18.5 Å². The van der Waals surface area contributed by atoms with E-state index in [2.05, 4.69) is 4.72 Å². The number of non-ortho nitro benzene ring substituents is 1. The first-order valence-corrected chi connectivity index (χ1v) is 8.10. The van der Waals surface area contributed by atoms with Gasteiger partial charge in [-0.3, -0.25) is 10.1 Å². The Kier molecular flexibility index (Phi) is 6.09. The van der Waals surface area contributed by atoms with Crippen LogP contribution >= 0.6 is 11.6 Å². The summed E-state index contributed by atoms with van der Waals surface area (Å²) in [5, 5.41) is 10.7. The maximum atomic E-state index is 12.3. The van der Waals surface area contributed by atoms with E-state index in [1.165, 1.54) is 6.07 Å². The third kappa shape index (κ3) is 5.24. The normalized spacial score (nSPS) is 13.4. The number of nitrogens with zero attached hydrogens (tertiary/aromatic N) is 2. The van der Waals surface area contributed by atoms with Crippen molar-refractivity contribution in [3.8, 4) is 0 Å². The average molecular weight is 336 g/mol. The van der Waals surface area contributed by atoms with Crippen molar-refractivity contribution in [2.24, 2.45) is 0 Å². The summed E-state index contributed by atoms with van der Waals surface area (Å²) in [6.07, 6.45) is 0.610. The van der Waals surface area contributed by atoms with Gasteiger partial charge in [0.25, 0.3) is 5.69 Å². The molecule has 0 aliphatic heterocycles. The lowest BCUT2D eigenvalue weighted by molar-refractivity contribution is -0.385. The average Bonchev–Trinajstić information content (AvgIpc) is 2.35. The minimum absolute atomic E-state index is 0.0482. The van der Waals surface area contributed by atoms with Crippen LogP contribution < -0.4 is 4.72 Å². The first kappa shape index (κ1) is 17.8. The summed E-state index contributed by atoms with van der Waals surface area (Å²) in [6.45, 7) is 2.44. The molecule has 1 atom stereocenters. The van der Waals surface area contributed by atoms with Crippen molar-refractivity contribution in [1.82, 2.24) is 9.62 Å². The van der Waals surface area contributed by atoms with E-state index in [0.29, 0.717) is 13.0 Å². The maximum absolute atomic E-state index is 12.3. The second kappa shape index (κ2) is 7.17. The molecule has 0 saturated carbocycles. The summed E-state index contributed by atoms with van der Waals surface area (Å²) in [5.41, 5.74) is -0.319. The molecule has 1 unspecified atom stereocenters. The van der Waals surface area contributed by atoms with Crippen LogP contribution in [0.15, 0.2) is 23.1 Å². The van der Waals surface area contributed by atoms with Crippen molar-refractivity contribution >= 4 is 27.3 Å². The van der Waals surface area contributed by atoms with Crippen LogP contribution in [0.2, 0.25) is 5.02 Å². The second-order valence-corrected chi connectivity index (χ2v) is 7.08. The summed E-state index contributed by atoms with van der Waals surface area (Å²) in [4.78, 5) is 11.7. The van der Waals surface area contributed by atoms with E-state index in [4.69, 9.17) is 11.6 Å². The van der Waals surface area contributed by atoms with Gasteiger partial charge in [-0.2, -0.15) is 0 Å². The zero-order valence-electron chi connectivity index (χ0n) is 12.0. The van der Waals surface area contributed by atoms with Crippen LogP contribution in [0, 0.1) is 10.1 Å². The molecule has 0 aliphatic carbocycles. The lowest BCUT2D eigenvalue weighted by Gasteiger charge is -2.17. The molecule has 118 valence electrons. The molecule has 0 bridgehead atoms. The topological polar surface area (TPSA) is 92.6 Å². The second-order valence-electron chi connectivity index (χ2n) is 4.99. The molecule has 0 radical (unpaired) electrons. The highest BCUT2D eigenvalue weighted by Crippen LogP contribution is 2.26. The Morgan fingerprint density at radius 3 is 2.57 bits per heavy atom. The van der Waals surface area contributed by atoms with Gasteiger partial charge in [-0.15, -0.1) is 0 Å². The largest absolute Gasteiger partial charge is 0.309 e. The molecular formula is C12H18ClN3O4S. The minimum Gasteiger partial charge on any atom is -0.309 e. The fraction of sp³-hybridized carbons (Fsp3) is 0.500. The van der Waals surface area contributed by atoms with Gasteiger partial charge in [-0.25, -0.2) is 13.1 Å². The summed E-state index contributed by atoms with van der Waals surface area (Å²) >= 11 is 5.85. The molecule has 0 spiro atoms. The van der Waals surface area contributed by atoms with Gasteiger partial charge in [-0.1, -0.05) is 11.6 Å². The molecule has 1 aromatic carbocycles. The monoisotopic (exact) mass is 335 g/mol. The molecule has 0 aliphatic rings. The van der Waals surface area contributed by atoms with Gasteiger partial charge in [-0.05, 0) is 40.1 Å². The Balaban J connectivity index is 2.97. The fourth-order valence-electron chi connectivity index (χ4n) is 1.65. The summed E-state index contributed by atoms with van der Waals surface area (Å²) in [5.74, 6) is 0. The predicted molar refractivity (Wildman–Crippen MR) is 81.1 cm³/mol. The van der Waals surface area contributed by atoms with Crippen LogP contribution in [0.5, 0.6) is 0 Å². The van der Waals surface area contributed by atoms with Crippen LogP contribution in [0.3, 0.4) is 0 Å². The molecule has 1 N–H and O–H groups in total. The molecule has 21 heavy (non-hydrogen) atoms. The number of hydrogen-bond donors (Lipinski definition) is 1. The van der Waals surface area contributed by atoms with Crippen LogP contribution in [0.1, 0.15) is 13.3 Å². The van der Waals surface area contributed by atoms with Crippen molar-refractivity contribution in [3.63, 3.8) is 0 Å². The fourth-order valence-corrected chi connectivity index (χ4v) is 3.45. The summed E-state index contributed by atoms with van der Waals surface area (Å²) in [7, 11) is -0.124. The summed E-state index contributed by atoms with van der Waals surface area (Å²) in [6, 6.07) is 3.02. The smallest absolute Gasteiger partial charge is 0.270 e. The highest BCUT2D eigenvalue weighted by Gasteiger charge is 2.23. The predicted octanol–water partition coefficient (Wildman–Crippen LogP) is 1.87. The number of nitrogens with one attached hydrogen (secondary N) is 1. The van der Waals surface area contributed by atoms with Crippen LogP contribution in [0.25, 0.3) is 0 Å². The number of halogens is 1. The zero-order chi connectivity index (χ0) is 16.2.